The van der Waals surface area contributed by atoms with Gasteiger partial charge in [0.05, 0.1) is 94.5 Å². The Morgan fingerprint density at radius 1 is 0.527 bits per heavy atom. The molecule has 3 saturated carbocycles. The minimum atomic E-state index is -1.46. The Kier molecular flexibility index (Phi) is 28.6. The number of nitriles is 4. The van der Waals surface area contributed by atoms with Crippen molar-refractivity contribution in [3.63, 3.8) is 0 Å². The van der Waals surface area contributed by atoms with Crippen molar-refractivity contribution in [2.45, 2.75) is 67.6 Å². The van der Waals surface area contributed by atoms with E-state index in [9.17, 15) is 14.4 Å². The number of thioether (sulfide) groups is 2. The third kappa shape index (κ3) is 23.6. The first-order chi connectivity index (χ1) is 43.8. The number of methoxy groups -OCH3 is 2. The Labute approximate surface area is 562 Å². The number of carboxylic acid groups (broad SMARTS) is 1. The van der Waals surface area contributed by atoms with Gasteiger partial charge >= 0.3 is 25.0 Å². The van der Waals surface area contributed by atoms with E-state index in [0.29, 0.717) is 50.6 Å². The number of nitrogens with zero attached hydrogens (tertiary/aromatic N) is 8. The monoisotopic (exact) mass is 1370 g/mol. The first-order valence-corrected chi connectivity index (χ1v) is 32.3. The molecule has 11 rings (SSSR count). The number of carboxylic acids is 1. The molecule has 3 fully saturated rings. The van der Waals surface area contributed by atoms with Gasteiger partial charge in [-0.25, -0.2) is 0 Å². The molecule has 0 bridgehead atoms. The van der Waals surface area contributed by atoms with Gasteiger partial charge in [0.2, 0.25) is 0 Å². The summed E-state index contributed by atoms with van der Waals surface area (Å²) in [6.07, 6.45) is 21.6. The molecule has 0 radical (unpaired) electrons. The molecule has 4 heterocycles. The second-order valence-corrected chi connectivity index (χ2v) is 25.4. The number of ether oxygens (including phenoxy) is 2. The predicted molar refractivity (Wildman–Crippen MR) is 362 cm³/mol. The lowest BCUT2D eigenvalue weighted by Gasteiger charge is -2.15. The van der Waals surface area contributed by atoms with E-state index in [4.69, 9.17) is 64.1 Å². The fourth-order valence-corrected chi connectivity index (χ4v) is 12.2. The Hall–Kier alpha value is -8.06. The fraction of sp³-hybridized carbons (Fsp3) is 0.250. The lowest BCUT2D eigenvalue weighted by atomic mass is 9.80. The van der Waals surface area contributed by atoms with E-state index in [2.05, 4.69) is 71.4 Å². The molecular formula is C68H62BBrCl2N8O8S3. The first kappa shape index (κ1) is 72.0. The maximum Gasteiger partial charge on any atom is 0.488 e. The molecule has 16 nitrogen and oxygen atoms in total. The third-order valence-corrected chi connectivity index (χ3v) is 19.7. The van der Waals surface area contributed by atoms with Crippen molar-refractivity contribution in [3.05, 3.63) is 208 Å². The van der Waals surface area contributed by atoms with Gasteiger partial charge < -0.3 is 24.6 Å². The average molecular weight is 1380 g/mol. The number of pyridine rings is 4. The van der Waals surface area contributed by atoms with Crippen LogP contribution in [-0.4, -0.2) is 91.6 Å². The molecule has 0 atom stereocenters. The quantitative estimate of drug-likeness (QED) is 0.0285. The zero-order valence-electron chi connectivity index (χ0n) is 49.6. The SMILES string of the molecule is COC(=O)CC1(CS)CC1.COC(=O)CC1(CSc2ccncc2-c2ccc(C#N)cc2)CC1.Clc1ccncc1Br.N#Cc1ccc(-c2cnccc2Cl)cc1.N#Cc1ccc(-c2cnccc2SCC2(CC(=O)O)CC2)cc1.N#Cc1ccc(B(O)O)cc1. The zero-order valence-corrected chi connectivity index (χ0v) is 55.2. The summed E-state index contributed by atoms with van der Waals surface area (Å²) in [7, 11) is 1.41. The van der Waals surface area contributed by atoms with Crippen molar-refractivity contribution in [3.8, 4) is 57.7 Å². The maximum atomic E-state index is 11.6. The lowest BCUT2D eigenvalue weighted by Crippen LogP contribution is -2.29. The van der Waals surface area contributed by atoms with E-state index in [-0.39, 0.29) is 34.6 Å². The largest absolute Gasteiger partial charge is 0.488 e. The highest BCUT2D eigenvalue weighted by atomic mass is 79.9. The Morgan fingerprint density at radius 2 is 0.868 bits per heavy atom. The van der Waals surface area contributed by atoms with Gasteiger partial charge in [0, 0.05) is 87.6 Å². The lowest BCUT2D eigenvalue weighted by molar-refractivity contribution is -0.142. The topological polar surface area (TPSA) is 277 Å². The van der Waals surface area contributed by atoms with Crippen LogP contribution in [0, 0.1) is 61.6 Å². The molecule has 91 heavy (non-hydrogen) atoms. The molecule has 4 aromatic carbocycles. The second kappa shape index (κ2) is 36.1. The van der Waals surface area contributed by atoms with Crippen molar-refractivity contribution >= 4 is 106 Å². The highest BCUT2D eigenvalue weighted by Crippen LogP contribution is 2.54. The summed E-state index contributed by atoms with van der Waals surface area (Å²) in [6.45, 7) is 0. The van der Waals surface area contributed by atoms with Crippen molar-refractivity contribution in [2.75, 3.05) is 31.5 Å². The van der Waals surface area contributed by atoms with Gasteiger partial charge in [-0.05, 0) is 171 Å². The number of carbonyl (C=O) groups excluding carboxylic acids is 2. The van der Waals surface area contributed by atoms with Crippen molar-refractivity contribution in [1.29, 1.82) is 21.0 Å². The van der Waals surface area contributed by atoms with Crippen LogP contribution in [0.2, 0.25) is 10.0 Å². The Morgan fingerprint density at radius 3 is 1.19 bits per heavy atom. The molecule has 23 heteroatoms. The normalized spacial score (nSPS) is 13.3. The Balaban J connectivity index is 0.000000182. The summed E-state index contributed by atoms with van der Waals surface area (Å²) < 4.78 is 10.2. The number of benzene rings is 4. The van der Waals surface area contributed by atoms with Crippen molar-refractivity contribution in [2.24, 2.45) is 16.2 Å². The molecule has 0 aliphatic heterocycles. The van der Waals surface area contributed by atoms with Crippen LogP contribution in [0.3, 0.4) is 0 Å². The van der Waals surface area contributed by atoms with E-state index in [1.54, 1.807) is 97.1 Å². The van der Waals surface area contributed by atoms with Crippen LogP contribution < -0.4 is 5.46 Å². The molecule has 3 N–H and O–H groups in total. The van der Waals surface area contributed by atoms with E-state index >= 15 is 0 Å². The molecule has 3 aliphatic rings. The van der Waals surface area contributed by atoms with E-state index < -0.39 is 13.1 Å². The van der Waals surface area contributed by atoms with Gasteiger partial charge in [-0.15, -0.1) is 23.5 Å². The average Bonchev–Trinajstić information content (AvgIpc) is 2.19. The maximum absolute atomic E-state index is 11.6. The third-order valence-electron chi connectivity index (χ3n) is 14.7. The van der Waals surface area contributed by atoms with Crippen LogP contribution in [0.1, 0.15) is 80.0 Å². The van der Waals surface area contributed by atoms with Crippen LogP contribution in [0.15, 0.2) is 185 Å². The van der Waals surface area contributed by atoms with E-state index in [0.717, 1.165) is 103 Å². The summed E-state index contributed by atoms with van der Waals surface area (Å²) in [4.78, 5) is 51.8. The molecular weight excluding hydrogens is 1310 g/mol. The highest BCUT2D eigenvalue weighted by molar-refractivity contribution is 9.10. The van der Waals surface area contributed by atoms with Gasteiger partial charge in [-0.3, -0.25) is 34.3 Å². The van der Waals surface area contributed by atoms with Gasteiger partial charge in [0.25, 0.3) is 0 Å². The number of hydrogen-bond acceptors (Lipinski definition) is 18. The summed E-state index contributed by atoms with van der Waals surface area (Å²) >= 11 is 22.5. The molecule has 0 spiro atoms. The van der Waals surface area contributed by atoms with Crippen LogP contribution in [0.5, 0.6) is 0 Å². The molecule has 4 aromatic heterocycles. The summed E-state index contributed by atoms with van der Waals surface area (Å²) in [5, 5.41) is 62.6. The van der Waals surface area contributed by atoms with E-state index in [1.165, 1.54) is 38.5 Å². The summed E-state index contributed by atoms with van der Waals surface area (Å²) in [5.41, 5.74) is 9.05. The minimum absolute atomic E-state index is 0.0400. The number of esters is 2. The molecule has 3 aliphatic carbocycles. The van der Waals surface area contributed by atoms with Crippen molar-refractivity contribution < 1.29 is 39.0 Å². The van der Waals surface area contributed by atoms with Crippen LogP contribution in [-0.2, 0) is 23.9 Å². The molecule has 464 valence electrons. The number of thiol groups is 1. The van der Waals surface area contributed by atoms with Crippen LogP contribution in [0.25, 0.3) is 33.4 Å². The second-order valence-electron chi connectivity index (χ2n) is 21.4. The summed E-state index contributed by atoms with van der Waals surface area (Å²) in [5.74, 6) is 1.57. The number of carbonyl (C=O) groups is 3. The smallest absolute Gasteiger partial charge is 0.481 e. The number of hydrogen-bond donors (Lipinski definition) is 4. The molecule has 0 saturated heterocycles. The van der Waals surface area contributed by atoms with Crippen LogP contribution in [0.4, 0.5) is 0 Å². The predicted octanol–water partition coefficient (Wildman–Crippen LogP) is 14.3. The summed E-state index contributed by atoms with van der Waals surface area (Å²) in [6, 6.07) is 44.0. The number of halogens is 3. The van der Waals surface area contributed by atoms with Crippen molar-refractivity contribution in [1.82, 2.24) is 19.9 Å². The van der Waals surface area contributed by atoms with Gasteiger partial charge in [-0.1, -0.05) is 71.7 Å². The number of aromatic nitrogens is 4. The molecule has 0 unspecified atom stereocenters. The fourth-order valence-electron chi connectivity index (χ4n) is 8.50. The van der Waals surface area contributed by atoms with Gasteiger partial charge in [0.1, 0.15) is 0 Å². The van der Waals surface area contributed by atoms with Gasteiger partial charge in [0.15, 0.2) is 0 Å². The number of aliphatic carboxylic acids is 1. The van der Waals surface area contributed by atoms with E-state index in [1.807, 2.05) is 79.1 Å². The molecule has 8 aromatic rings. The Bertz CT molecular complexity index is 3870. The standard InChI is InChI=1S/C19H18N2O2S.C18H16N2O2S.C12H7ClN2.C7H6BNO2.C7H12O2S.C5H3BrClN/c1-23-18(22)10-19(7-8-19)13-24-17-6-9-21-12-16(17)15-4-2-14(11-20)3-5-15;19-10-13-1-3-14(4-2-13)15-11-20-8-5-16(15)23-12-18(6-7-18)9-17(21)22;13-12-5-6-15-8-11(12)10-3-1-9(7-14)2-4-10;9-5-6-1-3-7(4-2-6)8(10)11;1-9-6(8)4-7(5-10)2-3-7;6-4-3-8-2-1-5(4)7/h2-6,9,12H,7-8,10,13H2,1H3;1-5,8,11H,6-7,9,12H2,(H,21,22);1-6,8H;1-4,10-11H;10H,2-5H2,1H3;1-3H. The first-order valence-electron chi connectivity index (χ1n) is 28.2. The van der Waals surface area contributed by atoms with Crippen LogP contribution >= 0.6 is 75.3 Å². The number of rotatable bonds is 17. The highest BCUT2D eigenvalue weighted by Gasteiger charge is 2.46. The molecule has 0 amide bonds. The van der Waals surface area contributed by atoms with Gasteiger partial charge in [-0.2, -0.15) is 33.7 Å². The zero-order chi connectivity index (χ0) is 65.8. The minimum Gasteiger partial charge on any atom is -0.481 e.